The molecular formula is C29H25N5O2. The third-order valence-electron chi connectivity index (χ3n) is 6.00. The van der Waals surface area contributed by atoms with Crippen molar-refractivity contribution in [3.05, 3.63) is 126 Å². The highest BCUT2D eigenvalue weighted by atomic mass is 16.5. The van der Waals surface area contributed by atoms with E-state index < -0.39 is 0 Å². The molecule has 1 N–H and O–H groups in total. The van der Waals surface area contributed by atoms with Crippen molar-refractivity contribution < 1.29 is 9.53 Å². The molecule has 1 amide bonds. The Morgan fingerprint density at radius 1 is 0.972 bits per heavy atom. The summed E-state index contributed by atoms with van der Waals surface area (Å²) in [5.74, 6) is 0.541. The van der Waals surface area contributed by atoms with Gasteiger partial charge in [-0.15, -0.1) is 0 Å². The van der Waals surface area contributed by atoms with Gasteiger partial charge in [0.2, 0.25) is 0 Å². The van der Waals surface area contributed by atoms with Crippen LogP contribution in [0.1, 0.15) is 39.5 Å². The summed E-state index contributed by atoms with van der Waals surface area (Å²) < 4.78 is 5.34. The normalized spacial score (nSPS) is 15.1. The maximum Gasteiger partial charge on any atom is 0.271 e. The number of carbonyl (C=O) groups excluding carboxylic acids is 1. The third-order valence-corrected chi connectivity index (χ3v) is 6.00. The van der Waals surface area contributed by atoms with Crippen molar-refractivity contribution in [1.82, 2.24) is 10.4 Å². The number of amides is 1. The highest BCUT2D eigenvalue weighted by Crippen LogP contribution is 2.37. The third kappa shape index (κ3) is 5.15. The van der Waals surface area contributed by atoms with Crippen LogP contribution in [0.4, 0.5) is 5.69 Å². The number of carbonyl (C=O) groups is 1. The summed E-state index contributed by atoms with van der Waals surface area (Å²) in [7, 11) is 1.67. The van der Waals surface area contributed by atoms with Crippen LogP contribution in [0.2, 0.25) is 0 Å². The standard InChI is InChI=1S/C29H25N5O2/c1-36-26-13-9-23(10-14-26)28-19-27(22-5-3-2-4-6-22)33-34(28)25-11-7-21(8-12-25)20-31-32-29(35)24-15-17-30-18-16-24/h2-18,20,28H,19H2,1H3,(H,32,35)/b31-20+. The van der Waals surface area contributed by atoms with Gasteiger partial charge in [-0.25, -0.2) is 5.43 Å². The van der Waals surface area contributed by atoms with E-state index in [0.717, 1.165) is 40.3 Å². The van der Waals surface area contributed by atoms with Crippen LogP contribution in [0.3, 0.4) is 0 Å². The molecule has 4 aromatic rings. The second kappa shape index (κ2) is 10.7. The second-order valence-corrected chi connectivity index (χ2v) is 8.28. The van der Waals surface area contributed by atoms with Crippen LogP contribution in [-0.2, 0) is 0 Å². The first-order chi connectivity index (χ1) is 17.7. The zero-order valence-electron chi connectivity index (χ0n) is 19.8. The van der Waals surface area contributed by atoms with Gasteiger partial charge in [-0.2, -0.15) is 10.2 Å². The van der Waals surface area contributed by atoms with E-state index in [1.807, 2.05) is 54.6 Å². The monoisotopic (exact) mass is 475 g/mol. The first kappa shape index (κ1) is 23.0. The number of hydrazone groups is 2. The van der Waals surface area contributed by atoms with Crippen LogP contribution in [0.25, 0.3) is 0 Å². The lowest BCUT2D eigenvalue weighted by Crippen LogP contribution is -2.18. The summed E-state index contributed by atoms with van der Waals surface area (Å²) in [6.07, 6.45) is 5.55. The first-order valence-corrected chi connectivity index (χ1v) is 11.6. The molecule has 5 rings (SSSR count). The van der Waals surface area contributed by atoms with Gasteiger partial charge in [0, 0.05) is 24.4 Å². The molecule has 0 fully saturated rings. The lowest BCUT2D eigenvalue weighted by Gasteiger charge is -2.24. The highest BCUT2D eigenvalue weighted by Gasteiger charge is 2.29. The molecule has 7 nitrogen and oxygen atoms in total. The molecule has 1 aliphatic rings. The highest BCUT2D eigenvalue weighted by molar-refractivity contribution is 6.03. The van der Waals surface area contributed by atoms with E-state index in [-0.39, 0.29) is 11.9 Å². The Balaban J connectivity index is 1.35. The van der Waals surface area contributed by atoms with Crippen molar-refractivity contribution in [3.8, 4) is 5.75 Å². The Bertz CT molecular complexity index is 1370. The lowest BCUT2D eigenvalue weighted by molar-refractivity contribution is 0.0955. The van der Waals surface area contributed by atoms with Crippen LogP contribution in [0.15, 0.2) is 114 Å². The Morgan fingerprint density at radius 3 is 2.39 bits per heavy atom. The fourth-order valence-electron chi connectivity index (χ4n) is 4.09. The van der Waals surface area contributed by atoms with Crippen LogP contribution in [0, 0.1) is 0 Å². The van der Waals surface area contributed by atoms with Crippen LogP contribution in [0.5, 0.6) is 5.75 Å². The van der Waals surface area contributed by atoms with Gasteiger partial charge in [-0.3, -0.25) is 14.8 Å². The molecule has 0 aliphatic carbocycles. The second-order valence-electron chi connectivity index (χ2n) is 8.28. The number of nitrogens with zero attached hydrogens (tertiary/aromatic N) is 4. The predicted octanol–water partition coefficient (Wildman–Crippen LogP) is 5.21. The summed E-state index contributed by atoms with van der Waals surface area (Å²) in [6, 6.07) is 29.7. The number of nitrogens with one attached hydrogen (secondary N) is 1. The fourth-order valence-corrected chi connectivity index (χ4v) is 4.09. The average Bonchev–Trinajstić information content (AvgIpc) is 3.40. The van der Waals surface area contributed by atoms with Crippen molar-refractivity contribution in [2.24, 2.45) is 10.2 Å². The van der Waals surface area contributed by atoms with Crippen molar-refractivity contribution in [2.45, 2.75) is 12.5 Å². The summed E-state index contributed by atoms with van der Waals surface area (Å²) in [5.41, 5.74) is 8.20. The molecule has 3 aromatic carbocycles. The number of anilines is 1. The Labute approximate surface area is 209 Å². The van der Waals surface area contributed by atoms with Gasteiger partial charge in [0.05, 0.1) is 30.8 Å². The van der Waals surface area contributed by atoms with E-state index in [1.54, 1.807) is 37.9 Å². The smallest absolute Gasteiger partial charge is 0.271 e. The van der Waals surface area contributed by atoms with Crippen molar-refractivity contribution in [1.29, 1.82) is 0 Å². The molecule has 1 unspecified atom stereocenters. The lowest BCUT2D eigenvalue weighted by atomic mass is 9.98. The van der Waals surface area contributed by atoms with E-state index in [0.29, 0.717) is 5.56 Å². The molecule has 0 saturated carbocycles. The number of hydrogen-bond donors (Lipinski definition) is 1. The largest absolute Gasteiger partial charge is 0.497 e. The molecule has 2 heterocycles. The zero-order valence-corrected chi connectivity index (χ0v) is 19.8. The van der Waals surface area contributed by atoms with Gasteiger partial charge in [0.1, 0.15) is 5.75 Å². The number of aromatic nitrogens is 1. The molecule has 0 bridgehead atoms. The summed E-state index contributed by atoms with van der Waals surface area (Å²) in [5, 5.41) is 11.1. The molecule has 7 heteroatoms. The van der Waals surface area contributed by atoms with Gasteiger partial charge >= 0.3 is 0 Å². The van der Waals surface area contributed by atoms with Crippen molar-refractivity contribution in [2.75, 3.05) is 12.1 Å². The number of benzene rings is 3. The van der Waals surface area contributed by atoms with Gasteiger partial charge in [-0.1, -0.05) is 54.6 Å². The number of pyridine rings is 1. The van der Waals surface area contributed by atoms with Gasteiger partial charge < -0.3 is 4.74 Å². The molecule has 36 heavy (non-hydrogen) atoms. The number of hydrogen-bond acceptors (Lipinski definition) is 6. The molecule has 0 radical (unpaired) electrons. The molecule has 1 atom stereocenters. The molecular weight excluding hydrogens is 450 g/mol. The Kier molecular flexibility index (Phi) is 6.80. The van der Waals surface area contributed by atoms with Crippen LogP contribution >= 0.6 is 0 Å². The molecule has 0 saturated heterocycles. The summed E-state index contributed by atoms with van der Waals surface area (Å²) >= 11 is 0. The average molecular weight is 476 g/mol. The molecule has 0 spiro atoms. The molecule has 1 aliphatic heterocycles. The Hall–Kier alpha value is -4.78. The van der Waals surface area contributed by atoms with Gasteiger partial charge in [0.25, 0.3) is 5.91 Å². The maximum atomic E-state index is 12.1. The van der Waals surface area contributed by atoms with E-state index in [9.17, 15) is 4.79 Å². The summed E-state index contributed by atoms with van der Waals surface area (Å²) in [6.45, 7) is 0. The molecule has 1 aromatic heterocycles. The van der Waals surface area contributed by atoms with Crippen molar-refractivity contribution in [3.63, 3.8) is 0 Å². The van der Waals surface area contributed by atoms with E-state index >= 15 is 0 Å². The fraction of sp³-hybridized carbons (Fsp3) is 0.103. The van der Waals surface area contributed by atoms with Crippen LogP contribution in [-0.4, -0.2) is 29.9 Å². The molecule has 178 valence electrons. The number of ether oxygens (including phenoxy) is 1. The van der Waals surface area contributed by atoms with Crippen LogP contribution < -0.4 is 15.2 Å². The first-order valence-electron chi connectivity index (χ1n) is 11.6. The predicted molar refractivity (Wildman–Crippen MR) is 142 cm³/mol. The quantitative estimate of drug-likeness (QED) is 0.294. The Morgan fingerprint density at radius 2 is 1.69 bits per heavy atom. The minimum Gasteiger partial charge on any atom is -0.497 e. The van der Waals surface area contributed by atoms with E-state index in [2.05, 4.69) is 44.8 Å². The zero-order chi connectivity index (χ0) is 24.7. The van der Waals surface area contributed by atoms with Gasteiger partial charge in [-0.05, 0) is 53.1 Å². The van der Waals surface area contributed by atoms with E-state index in [1.165, 1.54) is 0 Å². The van der Waals surface area contributed by atoms with E-state index in [4.69, 9.17) is 9.84 Å². The van der Waals surface area contributed by atoms with Crippen molar-refractivity contribution >= 4 is 23.5 Å². The number of methoxy groups -OCH3 is 1. The minimum atomic E-state index is -0.285. The maximum absolute atomic E-state index is 12.1. The topological polar surface area (TPSA) is 79.2 Å². The SMILES string of the molecule is COc1ccc(C2CC(c3ccccc3)=NN2c2ccc(/C=N/NC(=O)c3ccncc3)cc2)cc1. The van der Waals surface area contributed by atoms with Gasteiger partial charge in [0.15, 0.2) is 0 Å². The minimum absolute atomic E-state index is 0.0604. The summed E-state index contributed by atoms with van der Waals surface area (Å²) in [4.78, 5) is 16.1. The number of rotatable bonds is 7.